The molecule has 0 fully saturated rings. The Morgan fingerprint density at radius 1 is 0.472 bits per heavy atom. The number of nitrogens with one attached hydrogen (secondary N) is 1. The summed E-state index contributed by atoms with van der Waals surface area (Å²) in [5.74, 6) is 0. The molecule has 0 amide bonds. The van der Waals surface area contributed by atoms with E-state index < -0.39 is 0 Å². The van der Waals surface area contributed by atoms with Crippen molar-refractivity contribution in [2.24, 2.45) is 0 Å². The Balaban J connectivity index is 0.000000146. The van der Waals surface area contributed by atoms with Crippen molar-refractivity contribution in [2.75, 3.05) is 0 Å². The number of hydrogen-bond acceptors (Lipinski definition) is 0. The third-order valence-corrected chi connectivity index (χ3v) is 6.50. The highest BCUT2D eigenvalue weighted by Gasteiger charge is 2.10. The first-order valence-electron chi connectivity index (χ1n) is 12.7. The quantitative estimate of drug-likeness (QED) is 0.247. The highest BCUT2D eigenvalue weighted by molar-refractivity contribution is 6.09. The number of aromatic amines is 1. The molecule has 0 aliphatic heterocycles. The summed E-state index contributed by atoms with van der Waals surface area (Å²) in [6.45, 7) is 8.26. The molecule has 7 rings (SSSR count). The summed E-state index contributed by atoms with van der Waals surface area (Å²) < 4.78 is 2.34. The van der Waals surface area contributed by atoms with Gasteiger partial charge in [-0.15, -0.1) is 0 Å². The van der Waals surface area contributed by atoms with Crippen LogP contribution < -0.4 is 0 Å². The zero-order valence-electron chi connectivity index (χ0n) is 21.4. The normalized spacial score (nSPS) is 10.8. The van der Waals surface area contributed by atoms with Gasteiger partial charge >= 0.3 is 0 Å². The zero-order valence-corrected chi connectivity index (χ0v) is 21.4. The number of para-hydroxylation sites is 3. The average molecular weight is 469 g/mol. The Morgan fingerprint density at radius 3 is 1.69 bits per heavy atom. The van der Waals surface area contributed by atoms with E-state index in [1.54, 1.807) is 0 Å². The number of nitrogens with zero attached hydrogens (tertiary/aromatic N) is 1. The van der Waals surface area contributed by atoms with Crippen molar-refractivity contribution in [3.05, 3.63) is 126 Å². The highest BCUT2D eigenvalue weighted by Crippen LogP contribution is 2.31. The van der Waals surface area contributed by atoms with Crippen molar-refractivity contribution in [1.29, 1.82) is 0 Å². The number of aromatic nitrogens is 2. The summed E-state index contributed by atoms with van der Waals surface area (Å²) in [6, 6.07) is 40.8. The first-order valence-corrected chi connectivity index (χ1v) is 12.7. The molecule has 0 unspecified atom stereocenters. The van der Waals surface area contributed by atoms with Crippen LogP contribution >= 0.6 is 0 Å². The lowest BCUT2D eigenvalue weighted by Gasteiger charge is -2.08. The van der Waals surface area contributed by atoms with E-state index >= 15 is 0 Å². The van der Waals surface area contributed by atoms with Gasteiger partial charge in [0.05, 0.1) is 11.0 Å². The minimum atomic E-state index is 1.22. The summed E-state index contributed by atoms with van der Waals surface area (Å²) in [4.78, 5) is 3.41. The number of aryl methyl sites for hydroxylation is 2. The minimum absolute atomic E-state index is 1.22. The first kappa shape index (κ1) is 23.4. The predicted octanol–water partition coefficient (Wildman–Crippen LogP) is 9.75. The van der Waals surface area contributed by atoms with Gasteiger partial charge in [0.1, 0.15) is 0 Å². The molecule has 5 aromatic carbocycles. The van der Waals surface area contributed by atoms with Crippen molar-refractivity contribution in [1.82, 2.24) is 9.55 Å². The van der Waals surface area contributed by atoms with Crippen LogP contribution in [0, 0.1) is 13.8 Å². The van der Waals surface area contributed by atoms with Gasteiger partial charge < -0.3 is 9.55 Å². The van der Waals surface area contributed by atoms with Crippen molar-refractivity contribution in [3.8, 4) is 5.69 Å². The molecule has 7 aromatic rings. The largest absolute Gasteiger partial charge is 0.355 e. The lowest BCUT2D eigenvalue weighted by molar-refractivity contribution is 1.17. The van der Waals surface area contributed by atoms with Crippen LogP contribution in [-0.2, 0) is 0 Å². The van der Waals surface area contributed by atoms with E-state index in [1.165, 1.54) is 60.4 Å². The lowest BCUT2D eigenvalue weighted by atomic mass is 10.1. The Hall–Kier alpha value is -4.30. The molecule has 0 saturated heterocycles. The molecule has 36 heavy (non-hydrogen) atoms. The fourth-order valence-corrected chi connectivity index (χ4v) is 4.93. The second-order valence-electron chi connectivity index (χ2n) is 8.93. The predicted molar refractivity (Wildman–Crippen MR) is 157 cm³/mol. The van der Waals surface area contributed by atoms with Gasteiger partial charge in [-0.1, -0.05) is 92.2 Å². The average Bonchev–Trinajstić information content (AvgIpc) is 3.46. The smallest absolute Gasteiger partial charge is 0.0541 e. The number of hydrogen-bond donors (Lipinski definition) is 1. The van der Waals surface area contributed by atoms with Gasteiger partial charge in [-0.3, -0.25) is 0 Å². The van der Waals surface area contributed by atoms with Gasteiger partial charge in [-0.2, -0.15) is 0 Å². The molecular formula is C34H32N2. The maximum atomic E-state index is 3.41. The van der Waals surface area contributed by atoms with E-state index in [-0.39, 0.29) is 0 Å². The Kier molecular flexibility index (Phi) is 6.60. The molecule has 2 heteroatoms. The van der Waals surface area contributed by atoms with Crippen LogP contribution in [0.25, 0.3) is 49.3 Å². The third kappa shape index (κ3) is 4.27. The summed E-state index contributed by atoms with van der Waals surface area (Å²) in [5.41, 5.74) is 8.78. The monoisotopic (exact) mass is 468 g/mol. The van der Waals surface area contributed by atoms with Gasteiger partial charge in [0.2, 0.25) is 0 Å². The molecule has 2 nitrogen and oxygen atoms in total. The van der Waals surface area contributed by atoms with Crippen LogP contribution in [0.2, 0.25) is 0 Å². The Bertz CT molecular complexity index is 1730. The molecule has 2 aromatic heterocycles. The molecule has 0 spiro atoms. The van der Waals surface area contributed by atoms with Crippen molar-refractivity contribution >= 4 is 43.6 Å². The van der Waals surface area contributed by atoms with Crippen LogP contribution in [0.1, 0.15) is 25.0 Å². The van der Waals surface area contributed by atoms with Crippen LogP contribution in [0.5, 0.6) is 0 Å². The van der Waals surface area contributed by atoms with Crippen LogP contribution in [0.3, 0.4) is 0 Å². The molecular weight excluding hydrogens is 436 g/mol. The fraction of sp³-hybridized carbons (Fsp3) is 0.118. The van der Waals surface area contributed by atoms with Crippen molar-refractivity contribution in [3.63, 3.8) is 0 Å². The molecule has 2 heterocycles. The van der Waals surface area contributed by atoms with Gasteiger partial charge in [0.15, 0.2) is 0 Å². The van der Waals surface area contributed by atoms with Crippen LogP contribution in [0.4, 0.5) is 0 Å². The van der Waals surface area contributed by atoms with Crippen LogP contribution in [-0.4, -0.2) is 9.55 Å². The van der Waals surface area contributed by atoms with E-state index in [1.807, 2.05) is 13.8 Å². The van der Waals surface area contributed by atoms with Gasteiger partial charge in [-0.25, -0.2) is 0 Å². The highest BCUT2D eigenvalue weighted by atomic mass is 15.0. The molecule has 0 bridgehead atoms. The topological polar surface area (TPSA) is 20.7 Å². The number of H-pyrrole nitrogens is 1. The second kappa shape index (κ2) is 10.1. The van der Waals surface area contributed by atoms with Gasteiger partial charge in [-0.05, 0) is 61.9 Å². The van der Waals surface area contributed by atoms with Crippen molar-refractivity contribution < 1.29 is 0 Å². The summed E-state index contributed by atoms with van der Waals surface area (Å²) in [6.07, 6.45) is 0. The molecule has 178 valence electrons. The second-order valence-corrected chi connectivity index (χ2v) is 8.93. The molecule has 0 aliphatic carbocycles. The zero-order chi connectivity index (χ0) is 25.1. The number of rotatable bonds is 1. The van der Waals surface area contributed by atoms with Gasteiger partial charge in [0.25, 0.3) is 0 Å². The number of fused-ring (bicyclic) bond motifs is 6. The molecule has 0 aliphatic rings. The van der Waals surface area contributed by atoms with E-state index in [4.69, 9.17) is 0 Å². The molecule has 0 radical (unpaired) electrons. The summed E-state index contributed by atoms with van der Waals surface area (Å²) in [5, 5.41) is 5.25. The third-order valence-electron chi connectivity index (χ3n) is 6.50. The van der Waals surface area contributed by atoms with Crippen molar-refractivity contribution in [2.45, 2.75) is 27.7 Å². The summed E-state index contributed by atoms with van der Waals surface area (Å²) >= 11 is 0. The van der Waals surface area contributed by atoms with E-state index in [2.05, 4.69) is 139 Å². The van der Waals surface area contributed by atoms with E-state index in [9.17, 15) is 0 Å². The van der Waals surface area contributed by atoms with E-state index in [0.717, 1.165) is 0 Å². The molecule has 1 N–H and O–H groups in total. The SMILES string of the molecule is CC.Cc1ccc2[nH]c3ccccc3c2c1.Cc1cccc(-n2c3ccccc3c3ccccc32)c1. The van der Waals surface area contributed by atoms with Gasteiger partial charge in [0, 0.05) is 38.3 Å². The molecule has 0 saturated carbocycles. The van der Waals surface area contributed by atoms with Crippen LogP contribution in [0.15, 0.2) is 115 Å². The Labute approximate surface area is 212 Å². The first-order chi connectivity index (χ1) is 17.7. The maximum absolute atomic E-state index is 3.41. The maximum Gasteiger partial charge on any atom is 0.0541 e. The lowest BCUT2D eigenvalue weighted by Crippen LogP contribution is -1.93. The Morgan fingerprint density at radius 2 is 1.03 bits per heavy atom. The summed E-state index contributed by atoms with van der Waals surface area (Å²) in [7, 11) is 0. The van der Waals surface area contributed by atoms with E-state index in [0.29, 0.717) is 0 Å². The fourth-order valence-electron chi connectivity index (χ4n) is 4.93. The minimum Gasteiger partial charge on any atom is -0.355 e. The number of benzene rings is 5. The standard InChI is InChI=1S/C19H15N.C13H11N.C2H6/c1-14-7-6-8-15(13-14)20-18-11-4-2-9-16(18)17-10-3-5-12-19(17)20;1-9-6-7-13-11(8-9)10-4-2-3-5-12(10)14-13;1-2/h2-13H,1H3;2-8,14H,1H3;1-2H3. The molecule has 0 atom stereocenters.